The fourth-order valence-electron chi connectivity index (χ4n) is 2.72. The second kappa shape index (κ2) is 5.81. The summed E-state index contributed by atoms with van der Waals surface area (Å²) >= 11 is 2.06. The zero-order valence-corrected chi connectivity index (χ0v) is 11.7. The molecule has 1 unspecified atom stereocenters. The van der Waals surface area contributed by atoms with Gasteiger partial charge >= 0.3 is 0 Å². The maximum absolute atomic E-state index is 6.28. The highest BCUT2D eigenvalue weighted by Gasteiger charge is 2.29. The van der Waals surface area contributed by atoms with Crippen LogP contribution in [0.15, 0.2) is 60.7 Å². The molecule has 1 heterocycles. The summed E-state index contributed by atoms with van der Waals surface area (Å²) < 4.78 is 0. The summed E-state index contributed by atoms with van der Waals surface area (Å²) in [4.78, 5) is 0. The van der Waals surface area contributed by atoms with Crippen LogP contribution in [0.25, 0.3) is 0 Å². The van der Waals surface area contributed by atoms with E-state index >= 15 is 0 Å². The van der Waals surface area contributed by atoms with Crippen LogP contribution in [0.2, 0.25) is 0 Å². The number of rotatable bonds is 2. The maximum atomic E-state index is 6.28. The third kappa shape index (κ3) is 3.02. The summed E-state index contributed by atoms with van der Waals surface area (Å²) in [7, 11) is 0. The van der Waals surface area contributed by atoms with Crippen molar-refractivity contribution in [3.63, 3.8) is 0 Å². The van der Waals surface area contributed by atoms with Gasteiger partial charge in [0.15, 0.2) is 0 Å². The first-order chi connectivity index (χ1) is 9.33. The lowest BCUT2D eigenvalue weighted by Gasteiger charge is -2.33. The summed E-state index contributed by atoms with van der Waals surface area (Å²) in [6, 6.07) is 21.8. The van der Waals surface area contributed by atoms with Gasteiger partial charge in [-0.3, -0.25) is 0 Å². The lowest BCUT2D eigenvalue weighted by Crippen LogP contribution is -2.28. The molecule has 3 rings (SSSR count). The van der Waals surface area contributed by atoms with Gasteiger partial charge in [0, 0.05) is 16.5 Å². The first-order valence-electron chi connectivity index (χ1n) is 6.84. The smallest absolute Gasteiger partial charge is 0.0318 e. The molecule has 0 bridgehead atoms. The summed E-state index contributed by atoms with van der Waals surface area (Å²) in [5, 5.41) is 1.05. The zero-order chi connectivity index (χ0) is 13.1. The van der Waals surface area contributed by atoms with E-state index in [1.165, 1.54) is 11.1 Å². The van der Waals surface area contributed by atoms with Gasteiger partial charge in [0.2, 0.25) is 0 Å². The van der Waals surface area contributed by atoms with Crippen LogP contribution in [-0.2, 0) is 0 Å². The molecule has 1 saturated heterocycles. The molecule has 1 fully saturated rings. The van der Waals surface area contributed by atoms with Crippen molar-refractivity contribution in [3.8, 4) is 0 Å². The van der Waals surface area contributed by atoms with Crippen LogP contribution in [0.3, 0.4) is 0 Å². The molecular weight excluding hydrogens is 250 g/mol. The molecule has 19 heavy (non-hydrogen) atoms. The van der Waals surface area contributed by atoms with Crippen molar-refractivity contribution in [1.82, 2.24) is 0 Å². The second-order valence-corrected chi connectivity index (χ2v) is 6.58. The topological polar surface area (TPSA) is 26.0 Å². The van der Waals surface area contributed by atoms with Crippen molar-refractivity contribution in [2.45, 2.75) is 29.4 Å². The third-order valence-corrected chi connectivity index (χ3v) is 5.29. The molecule has 0 aromatic heterocycles. The van der Waals surface area contributed by atoms with Gasteiger partial charge in [0.25, 0.3) is 0 Å². The number of thioether (sulfide) groups is 1. The molecule has 3 atom stereocenters. The van der Waals surface area contributed by atoms with Gasteiger partial charge in [0.1, 0.15) is 0 Å². The summed E-state index contributed by atoms with van der Waals surface area (Å²) in [5.41, 5.74) is 9.09. The van der Waals surface area contributed by atoms with Crippen LogP contribution in [0.1, 0.15) is 34.5 Å². The Bertz CT molecular complexity index is 464. The van der Waals surface area contributed by atoms with Crippen LogP contribution in [0.4, 0.5) is 0 Å². The van der Waals surface area contributed by atoms with Crippen LogP contribution < -0.4 is 5.73 Å². The zero-order valence-electron chi connectivity index (χ0n) is 10.9. The Morgan fingerprint density at radius 1 is 0.737 bits per heavy atom. The second-order valence-electron chi connectivity index (χ2n) is 5.17. The SMILES string of the molecule is NC1C[C@@H](c2ccccc2)S[C@@H](c2ccccc2)C1. The minimum absolute atomic E-state index is 0.302. The quantitative estimate of drug-likeness (QED) is 0.878. The number of hydrogen-bond acceptors (Lipinski definition) is 2. The summed E-state index contributed by atoms with van der Waals surface area (Å²) in [5.74, 6) is 0. The average Bonchev–Trinajstić information content (AvgIpc) is 2.48. The van der Waals surface area contributed by atoms with Gasteiger partial charge in [-0.25, -0.2) is 0 Å². The van der Waals surface area contributed by atoms with E-state index < -0.39 is 0 Å². The molecule has 2 aromatic carbocycles. The van der Waals surface area contributed by atoms with E-state index in [0.717, 1.165) is 12.8 Å². The molecule has 2 N–H and O–H groups in total. The van der Waals surface area contributed by atoms with Gasteiger partial charge < -0.3 is 5.73 Å². The molecule has 2 heteroatoms. The van der Waals surface area contributed by atoms with Crippen LogP contribution in [0, 0.1) is 0 Å². The Labute approximate surface area is 119 Å². The van der Waals surface area contributed by atoms with E-state index in [-0.39, 0.29) is 0 Å². The van der Waals surface area contributed by atoms with Gasteiger partial charge in [-0.15, -0.1) is 11.8 Å². The number of nitrogens with two attached hydrogens (primary N) is 1. The predicted octanol–water partition coefficient (Wildman–Crippen LogP) is 4.32. The molecule has 1 aliphatic rings. The third-order valence-electron chi connectivity index (χ3n) is 3.70. The van der Waals surface area contributed by atoms with Crippen molar-refractivity contribution in [3.05, 3.63) is 71.8 Å². The van der Waals surface area contributed by atoms with Crippen molar-refractivity contribution in [1.29, 1.82) is 0 Å². The Balaban J connectivity index is 1.82. The molecule has 1 nitrogen and oxygen atoms in total. The molecular formula is C17H19NS. The first-order valence-corrected chi connectivity index (χ1v) is 7.78. The standard InChI is InChI=1S/C17H19NS/c18-15-11-16(13-7-3-1-4-8-13)19-17(12-15)14-9-5-2-6-10-14/h1-10,15-17H,11-12,18H2/t15?,16-,17+. The average molecular weight is 269 g/mol. The van der Waals surface area contributed by atoms with Crippen molar-refractivity contribution in [2.75, 3.05) is 0 Å². The Morgan fingerprint density at radius 3 is 1.58 bits per heavy atom. The minimum Gasteiger partial charge on any atom is -0.328 e. The Kier molecular flexibility index (Phi) is 3.90. The monoisotopic (exact) mass is 269 g/mol. The molecule has 1 aliphatic heterocycles. The summed E-state index contributed by atoms with van der Waals surface area (Å²) in [6.45, 7) is 0. The van der Waals surface area contributed by atoms with Crippen molar-refractivity contribution < 1.29 is 0 Å². The fraction of sp³-hybridized carbons (Fsp3) is 0.294. The molecule has 98 valence electrons. The molecule has 0 radical (unpaired) electrons. The van der Waals surface area contributed by atoms with Crippen molar-refractivity contribution in [2.24, 2.45) is 5.73 Å². The van der Waals surface area contributed by atoms with Gasteiger partial charge in [-0.05, 0) is 24.0 Å². The lowest BCUT2D eigenvalue weighted by molar-refractivity contribution is 0.534. The van der Waals surface area contributed by atoms with E-state index in [9.17, 15) is 0 Å². The van der Waals surface area contributed by atoms with E-state index in [1.54, 1.807) is 0 Å². The van der Waals surface area contributed by atoms with E-state index in [0.29, 0.717) is 16.5 Å². The van der Waals surface area contributed by atoms with Crippen molar-refractivity contribution >= 4 is 11.8 Å². The van der Waals surface area contributed by atoms with Gasteiger partial charge in [-0.1, -0.05) is 60.7 Å². The van der Waals surface area contributed by atoms with E-state index in [2.05, 4.69) is 72.4 Å². The summed E-state index contributed by atoms with van der Waals surface area (Å²) in [6.07, 6.45) is 2.16. The Hall–Kier alpha value is -1.25. The molecule has 0 saturated carbocycles. The van der Waals surface area contributed by atoms with Crippen LogP contribution >= 0.6 is 11.8 Å². The normalized spacial score (nSPS) is 27.1. The van der Waals surface area contributed by atoms with Crippen LogP contribution in [-0.4, -0.2) is 6.04 Å². The highest BCUT2D eigenvalue weighted by Crippen LogP contribution is 2.49. The highest BCUT2D eigenvalue weighted by molar-refractivity contribution is 7.99. The van der Waals surface area contributed by atoms with E-state index in [1.807, 2.05) is 0 Å². The first kappa shape index (κ1) is 12.8. The maximum Gasteiger partial charge on any atom is 0.0318 e. The molecule has 0 spiro atoms. The fourth-order valence-corrected chi connectivity index (χ4v) is 4.46. The predicted molar refractivity (Wildman–Crippen MR) is 83.2 cm³/mol. The molecule has 2 aromatic rings. The minimum atomic E-state index is 0.302. The van der Waals surface area contributed by atoms with Gasteiger partial charge in [0.05, 0.1) is 0 Å². The lowest BCUT2D eigenvalue weighted by atomic mass is 9.98. The van der Waals surface area contributed by atoms with E-state index in [4.69, 9.17) is 5.73 Å². The number of benzene rings is 2. The molecule has 0 aliphatic carbocycles. The van der Waals surface area contributed by atoms with Crippen LogP contribution in [0.5, 0.6) is 0 Å². The highest BCUT2D eigenvalue weighted by atomic mass is 32.2. The largest absolute Gasteiger partial charge is 0.328 e. The molecule has 0 amide bonds. The number of hydrogen-bond donors (Lipinski definition) is 1. The van der Waals surface area contributed by atoms with Gasteiger partial charge in [-0.2, -0.15) is 0 Å². The Morgan fingerprint density at radius 2 is 1.16 bits per heavy atom.